The first-order chi connectivity index (χ1) is 10.6. The molecule has 1 N–H and O–H groups in total. The first-order valence-corrected chi connectivity index (χ1v) is 8.58. The van der Waals surface area contributed by atoms with Gasteiger partial charge in [0.1, 0.15) is 0 Å². The molecule has 0 aliphatic heterocycles. The Morgan fingerprint density at radius 1 is 1.35 bits per heavy atom. The minimum absolute atomic E-state index is 0.0117. The summed E-state index contributed by atoms with van der Waals surface area (Å²) in [6, 6.07) is 3.65. The summed E-state index contributed by atoms with van der Waals surface area (Å²) in [5.41, 5.74) is 0.0117. The lowest BCUT2D eigenvalue weighted by Gasteiger charge is -2.19. The quantitative estimate of drug-likeness (QED) is 0.742. The van der Waals surface area contributed by atoms with Crippen LogP contribution in [0, 0.1) is 5.92 Å². The summed E-state index contributed by atoms with van der Waals surface area (Å²) in [5, 5.41) is 8.95. The Hall–Kier alpha value is -1.64. The van der Waals surface area contributed by atoms with Crippen LogP contribution in [0.2, 0.25) is 5.02 Å². The average molecular weight is 364 g/mol. The third-order valence-corrected chi connectivity index (χ3v) is 5.06. The normalized spacial score (nSPS) is 12.9. The van der Waals surface area contributed by atoms with Crippen molar-refractivity contribution in [3.05, 3.63) is 28.8 Å². The van der Waals surface area contributed by atoms with Gasteiger partial charge in [0, 0.05) is 18.6 Å². The number of rotatable bonds is 7. The lowest BCUT2D eigenvalue weighted by atomic mass is 10.2. The largest absolute Gasteiger partial charge is 0.481 e. The highest BCUT2D eigenvalue weighted by molar-refractivity contribution is 7.89. The van der Waals surface area contributed by atoms with E-state index in [2.05, 4.69) is 0 Å². The number of halogens is 1. The Labute approximate surface area is 139 Å². The van der Waals surface area contributed by atoms with Crippen molar-refractivity contribution in [1.29, 1.82) is 0 Å². The molecule has 1 rings (SSSR count). The minimum Gasteiger partial charge on any atom is -0.481 e. The van der Waals surface area contributed by atoms with Crippen LogP contribution in [0.25, 0.3) is 0 Å². The summed E-state index contributed by atoms with van der Waals surface area (Å²) < 4.78 is 30.7. The van der Waals surface area contributed by atoms with Crippen LogP contribution in [0.1, 0.15) is 24.2 Å². The van der Waals surface area contributed by atoms with Crippen LogP contribution in [0.5, 0.6) is 0 Å². The molecule has 0 aromatic heterocycles. The van der Waals surface area contributed by atoms with Gasteiger partial charge in [-0.3, -0.25) is 4.79 Å². The molecule has 0 saturated carbocycles. The van der Waals surface area contributed by atoms with Crippen LogP contribution >= 0.6 is 11.6 Å². The number of hydrogen-bond acceptors (Lipinski definition) is 5. The van der Waals surface area contributed by atoms with Crippen molar-refractivity contribution in [2.24, 2.45) is 5.92 Å². The topological polar surface area (TPSA) is 101 Å². The number of ether oxygens (including phenoxy) is 1. The highest BCUT2D eigenvalue weighted by atomic mass is 35.5. The van der Waals surface area contributed by atoms with E-state index in [0.29, 0.717) is 0 Å². The van der Waals surface area contributed by atoms with E-state index in [4.69, 9.17) is 21.4 Å². The molecule has 1 atom stereocenters. The molecule has 7 nitrogen and oxygen atoms in total. The van der Waals surface area contributed by atoms with Crippen molar-refractivity contribution >= 4 is 33.6 Å². The molecule has 0 spiro atoms. The number of nitrogens with zero attached hydrogens (tertiary/aromatic N) is 1. The van der Waals surface area contributed by atoms with Crippen molar-refractivity contribution in [3.63, 3.8) is 0 Å². The van der Waals surface area contributed by atoms with Gasteiger partial charge in [-0.05, 0) is 25.1 Å². The van der Waals surface area contributed by atoms with E-state index < -0.39 is 27.9 Å². The number of sulfonamides is 1. The standard InChI is InChI=1S/C14H18ClNO6S/c1-4-22-14(19)10-5-11(15)7-12(6-10)23(20,21)16(3)8-9(2)13(17)18/h5-7,9H,4,8H2,1-3H3,(H,17,18). The van der Waals surface area contributed by atoms with E-state index in [1.54, 1.807) is 6.92 Å². The van der Waals surface area contributed by atoms with Gasteiger partial charge < -0.3 is 9.84 Å². The highest BCUT2D eigenvalue weighted by Gasteiger charge is 2.26. The predicted octanol–water partition coefficient (Wildman–Crippen LogP) is 1.86. The van der Waals surface area contributed by atoms with Crippen molar-refractivity contribution in [1.82, 2.24) is 4.31 Å². The van der Waals surface area contributed by atoms with Gasteiger partial charge in [0.15, 0.2) is 0 Å². The number of carbonyl (C=O) groups is 2. The van der Waals surface area contributed by atoms with Crippen molar-refractivity contribution in [3.8, 4) is 0 Å². The Bertz CT molecular complexity index is 703. The Morgan fingerprint density at radius 3 is 2.48 bits per heavy atom. The second-order valence-corrected chi connectivity index (χ2v) is 7.40. The zero-order valence-corrected chi connectivity index (χ0v) is 14.5. The van der Waals surface area contributed by atoms with E-state index in [1.165, 1.54) is 26.1 Å². The molecule has 0 saturated heterocycles. The van der Waals surface area contributed by atoms with E-state index in [9.17, 15) is 18.0 Å². The summed E-state index contributed by atoms with van der Waals surface area (Å²) in [5.74, 6) is -2.67. The summed E-state index contributed by atoms with van der Waals surface area (Å²) >= 11 is 5.88. The highest BCUT2D eigenvalue weighted by Crippen LogP contribution is 2.23. The van der Waals surface area contributed by atoms with Gasteiger partial charge in [0.05, 0.1) is 23.0 Å². The number of hydrogen-bond donors (Lipinski definition) is 1. The summed E-state index contributed by atoms with van der Waals surface area (Å²) in [6.07, 6.45) is 0. The smallest absolute Gasteiger partial charge is 0.338 e. The lowest BCUT2D eigenvalue weighted by Crippen LogP contribution is -2.33. The molecule has 0 amide bonds. The molecule has 128 valence electrons. The molecule has 0 heterocycles. The number of aliphatic carboxylic acids is 1. The average Bonchev–Trinajstić information content (AvgIpc) is 2.46. The molecule has 0 radical (unpaired) electrons. The molecule has 1 aromatic carbocycles. The second-order valence-electron chi connectivity index (χ2n) is 4.92. The minimum atomic E-state index is -3.98. The van der Waals surface area contributed by atoms with Crippen molar-refractivity contribution in [2.45, 2.75) is 18.7 Å². The third-order valence-electron chi connectivity index (χ3n) is 3.04. The van der Waals surface area contributed by atoms with Gasteiger partial charge in [0.25, 0.3) is 0 Å². The SMILES string of the molecule is CCOC(=O)c1cc(Cl)cc(S(=O)(=O)N(C)CC(C)C(=O)O)c1. The zero-order valence-electron chi connectivity index (χ0n) is 12.9. The molecule has 9 heteroatoms. The summed E-state index contributed by atoms with van der Waals surface area (Å²) in [6.45, 7) is 2.96. The molecular formula is C14H18ClNO6S. The Balaban J connectivity index is 3.17. The molecule has 0 aliphatic rings. The van der Waals surface area contributed by atoms with E-state index in [0.717, 1.165) is 10.4 Å². The van der Waals surface area contributed by atoms with Gasteiger partial charge in [-0.25, -0.2) is 17.5 Å². The maximum atomic E-state index is 12.5. The van der Waals surface area contributed by atoms with Crippen LogP contribution < -0.4 is 0 Å². The zero-order chi connectivity index (χ0) is 17.8. The van der Waals surface area contributed by atoms with Gasteiger partial charge in [-0.2, -0.15) is 0 Å². The molecule has 0 bridgehead atoms. The first-order valence-electron chi connectivity index (χ1n) is 6.76. The number of esters is 1. The van der Waals surface area contributed by atoms with Crippen LogP contribution in [0.4, 0.5) is 0 Å². The number of carboxylic acid groups (broad SMARTS) is 1. The Kier molecular flexibility index (Phi) is 6.55. The molecule has 23 heavy (non-hydrogen) atoms. The van der Waals surface area contributed by atoms with Crippen molar-refractivity contribution in [2.75, 3.05) is 20.2 Å². The first kappa shape index (κ1) is 19.4. The molecule has 1 aromatic rings. The lowest BCUT2D eigenvalue weighted by molar-refractivity contribution is -0.141. The molecule has 0 fully saturated rings. The van der Waals surface area contributed by atoms with E-state index in [1.807, 2.05) is 0 Å². The van der Waals surface area contributed by atoms with Crippen molar-refractivity contribution < 1.29 is 27.9 Å². The summed E-state index contributed by atoms with van der Waals surface area (Å²) in [7, 11) is -2.72. The Morgan fingerprint density at radius 2 is 1.96 bits per heavy atom. The van der Waals surface area contributed by atoms with Crippen LogP contribution in [0.3, 0.4) is 0 Å². The third kappa shape index (κ3) is 4.92. The molecule has 1 unspecified atom stereocenters. The fourth-order valence-electron chi connectivity index (χ4n) is 1.79. The maximum absolute atomic E-state index is 12.5. The maximum Gasteiger partial charge on any atom is 0.338 e. The number of carboxylic acids is 1. The number of benzene rings is 1. The predicted molar refractivity (Wildman–Crippen MR) is 84.0 cm³/mol. The fraction of sp³-hybridized carbons (Fsp3) is 0.429. The van der Waals surface area contributed by atoms with Crippen LogP contribution in [0.15, 0.2) is 23.1 Å². The van der Waals surface area contributed by atoms with E-state index >= 15 is 0 Å². The summed E-state index contributed by atoms with van der Waals surface area (Å²) in [4.78, 5) is 22.4. The van der Waals surface area contributed by atoms with Gasteiger partial charge in [-0.15, -0.1) is 0 Å². The van der Waals surface area contributed by atoms with Gasteiger partial charge in [0.2, 0.25) is 10.0 Å². The van der Waals surface area contributed by atoms with E-state index in [-0.39, 0.29) is 28.6 Å². The number of carbonyl (C=O) groups excluding carboxylic acids is 1. The molecule has 0 aliphatic carbocycles. The monoisotopic (exact) mass is 363 g/mol. The van der Waals surface area contributed by atoms with Gasteiger partial charge >= 0.3 is 11.9 Å². The van der Waals surface area contributed by atoms with Crippen LogP contribution in [-0.2, 0) is 19.6 Å². The molecular weight excluding hydrogens is 346 g/mol. The second kappa shape index (κ2) is 7.76. The van der Waals surface area contributed by atoms with Gasteiger partial charge in [-0.1, -0.05) is 18.5 Å². The van der Waals surface area contributed by atoms with Crippen LogP contribution in [-0.4, -0.2) is 50.0 Å². The fourth-order valence-corrected chi connectivity index (χ4v) is 3.42.